The van der Waals surface area contributed by atoms with E-state index in [2.05, 4.69) is 10.2 Å². The van der Waals surface area contributed by atoms with Crippen molar-refractivity contribution in [3.8, 4) is 11.5 Å². The molecule has 2 aromatic rings. The number of para-hydroxylation sites is 1. The first-order valence-electron chi connectivity index (χ1n) is 11.9. The van der Waals surface area contributed by atoms with Crippen molar-refractivity contribution in [3.05, 3.63) is 54.1 Å². The van der Waals surface area contributed by atoms with E-state index in [-0.39, 0.29) is 30.8 Å². The molecule has 0 saturated carbocycles. The van der Waals surface area contributed by atoms with Gasteiger partial charge in [0, 0.05) is 31.6 Å². The van der Waals surface area contributed by atoms with Crippen LogP contribution in [0.3, 0.4) is 0 Å². The summed E-state index contributed by atoms with van der Waals surface area (Å²) in [5.74, 6) is 0.777. The summed E-state index contributed by atoms with van der Waals surface area (Å²) in [4.78, 5) is 41.4. The van der Waals surface area contributed by atoms with E-state index in [4.69, 9.17) is 9.47 Å². The van der Waals surface area contributed by atoms with Gasteiger partial charge in [-0.1, -0.05) is 18.2 Å². The minimum absolute atomic E-state index is 0.0119. The number of ketones is 1. The quantitative estimate of drug-likeness (QED) is 0.514. The smallest absolute Gasteiger partial charge is 0.265 e. The summed E-state index contributed by atoms with van der Waals surface area (Å²) in [7, 11) is 0. The van der Waals surface area contributed by atoms with Crippen LogP contribution in [0.25, 0.3) is 0 Å². The van der Waals surface area contributed by atoms with Gasteiger partial charge in [-0.3, -0.25) is 14.4 Å². The molecule has 0 unspecified atom stereocenters. The van der Waals surface area contributed by atoms with Crippen molar-refractivity contribution in [2.45, 2.75) is 25.7 Å². The van der Waals surface area contributed by atoms with E-state index in [1.165, 1.54) is 12.8 Å². The highest BCUT2D eigenvalue weighted by Crippen LogP contribution is 2.33. The Balaban J connectivity index is 1.29. The van der Waals surface area contributed by atoms with E-state index in [0.717, 1.165) is 19.6 Å². The van der Waals surface area contributed by atoms with Gasteiger partial charge in [0.05, 0.1) is 5.69 Å². The summed E-state index contributed by atoms with van der Waals surface area (Å²) in [5.41, 5.74) is 0.994. The molecule has 2 amide bonds. The molecule has 1 fully saturated rings. The van der Waals surface area contributed by atoms with E-state index in [9.17, 15) is 14.4 Å². The molecule has 8 heteroatoms. The van der Waals surface area contributed by atoms with E-state index in [0.29, 0.717) is 48.7 Å². The van der Waals surface area contributed by atoms with Crippen molar-refractivity contribution >= 4 is 23.3 Å². The minimum Gasteiger partial charge on any atom is -0.485 e. The third kappa shape index (κ3) is 6.35. The molecule has 1 saturated heterocycles. The largest absolute Gasteiger partial charge is 0.485 e. The van der Waals surface area contributed by atoms with E-state index < -0.39 is 0 Å². The number of anilines is 1. The van der Waals surface area contributed by atoms with Crippen LogP contribution in [-0.2, 0) is 9.59 Å². The van der Waals surface area contributed by atoms with Gasteiger partial charge in [-0.25, -0.2) is 0 Å². The maximum absolute atomic E-state index is 12.7. The first-order valence-corrected chi connectivity index (χ1v) is 11.9. The SMILES string of the molecule is O=C(CCCN1C(=O)COc2ccc(C(=O)COc3ccccc3)cc21)NCCN1CCCC1. The first kappa shape index (κ1) is 23.8. The van der Waals surface area contributed by atoms with E-state index >= 15 is 0 Å². The van der Waals surface area contributed by atoms with Crippen LogP contribution >= 0.6 is 0 Å². The molecule has 0 radical (unpaired) electrons. The zero-order chi connectivity index (χ0) is 23.8. The predicted octanol–water partition coefficient (Wildman–Crippen LogP) is 2.67. The molecule has 2 aliphatic heterocycles. The number of ether oxygens (including phenoxy) is 2. The Morgan fingerprint density at radius 2 is 1.82 bits per heavy atom. The maximum Gasteiger partial charge on any atom is 0.265 e. The molecule has 2 aliphatic rings. The number of carbonyl (C=O) groups excluding carboxylic acids is 3. The van der Waals surface area contributed by atoms with Crippen LogP contribution in [0.15, 0.2) is 48.5 Å². The van der Waals surface area contributed by atoms with Crippen LogP contribution in [0.4, 0.5) is 5.69 Å². The summed E-state index contributed by atoms with van der Waals surface area (Å²) in [6.45, 7) is 3.97. The number of Topliss-reactive ketones (excluding diaryl/α,β-unsaturated/α-hetero) is 1. The lowest BCUT2D eigenvalue weighted by Gasteiger charge is -2.29. The fourth-order valence-corrected chi connectivity index (χ4v) is 4.22. The Morgan fingerprint density at radius 1 is 1.03 bits per heavy atom. The molecule has 2 aromatic carbocycles. The molecule has 2 heterocycles. The average molecular weight is 466 g/mol. The zero-order valence-corrected chi connectivity index (χ0v) is 19.3. The van der Waals surface area contributed by atoms with Crippen molar-refractivity contribution in [3.63, 3.8) is 0 Å². The third-order valence-corrected chi connectivity index (χ3v) is 6.07. The van der Waals surface area contributed by atoms with Gasteiger partial charge in [-0.05, 0) is 62.7 Å². The molecule has 180 valence electrons. The average Bonchev–Trinajstić information content (AvgIpc) is 3.38. The van der Waals surface area contributed by atoms with Crippen molar-refractivity contribution in [1.29, 1.82) is 0 Å². The molecule has 34 heavy (non-hydrogen) atoms. The Labute approximate surface area is 199 Å². The Morgan fingerprint density at radius 3 is 2.62 bits per heavy atom. The second-order valence-electron chi connectivity index (χ2n) is 8.54. The standard InChI is InChI=1S/C26H31N3O5/c30-23(18-33-21-7-2-1-3-8-21)20-10-11-24-22(17-20)29(26(32)19-34-24)15-6-9-25(31)27-12-16-28-13-4-5-14-28/h1-3,7-8,10-11,17H,4-6,9,12-16,18-19H2,(H,27,31). The van der Waals surface area contributed by atoms with Gasteiger partial charge in [-0.2, -0.15) is 0 Å². The number of benzene rings is 2. The molecule has 0 atom stereocenters. The summed E-state index contributed by atoms with van der Waals surface area (Å²) in [6.07, 6.45) is 3.33. The Bertz CT molecular complexity index is 1000. The van der Waals surface area contributed by atoms with Gasteiger partial charge in [0.2, 0.25) is 5.91 Å². The molecule has 4 rings (SSSR count). The monoisotopic (exact) mass is 465 g/mol. The fraction of sp³-hybridized carbons (Fsp3) is 0.423. The molecule has 0 bridgehead atoms. The first-order chi connectivity index (χ1) is 16.6. The van der Waals surface area contributed by atoms with Gasteiger partial charge in [-0.15, -0.1) is 0 Å². The van der Waals surface area contributed by atoms with Gasteiger partial charge in [0.15, 0.2) is 19.0 Å². The molecule has 1 N–H and O–H groups in total. The number of fused-ring (bicyclic) bond motifs is 1. The molecular formula is C26H31N3O5. The maximum atomic E-state index is 12.7. The normalized spacial score (nSPS) is 15.5. The number of amides is 2. The van der Waals surface area contributed by atoms with Crippen molar-refractivity contribution < 1.29 is 23.9 Å². The number of carbonyl (C=O) groups is 3. The van der Waals surface area contributed by atoms with Gasteiger partial charge < -0.3 is 24.6 Å². The number of likely N-dealkylation sites (tertiary alicyclic amines) is 1. The van der Waals surface area contributed by atoms with Crippen molar-refractivity contribution in [2.75, 3.05) is 50.8 Å². The molecule has 8 nitrogen and oxygen atoms in total. The number of nitrogens with one attached hydrogen (secondary N) is 1. The highest BCUT2D eigenvalue weighted by atomic mass is 16.5. The van der Waals surface area contributed by atoms with Crippen LogP contribution in [0.2, 0.25) is 0 Å². The van der Waals surface area contributed by atoms with Crippen LogP contribution < -0.4 is 19.7 Å². The topological polar surface area (TPSA) is 88.2 Å². The lowest BCUT2D eigenvalue weighted by molar-refractivity contribution is -0.122. The van der Waals surface area contributed by atoms with Gasteiger partial charge in [0.1, 0.15) is 11.5 Å². The lowest BCUT2D eigenvalue weighted by Crippen LogP contribution is -2.40. The van der Waals surface area contributed by atoms with Crippen LogP contribution in [0.1, 0.15) is 36.0 Å². The molecule has 0 aromatic heterocycles. The third-order valence-electron chi connectivity index (χ3n) is 6.07. The predicted molar refractivity (Wildman–Crippen MR) is 128 cm³/mol. The molecular weight excluding hydrogens is 434 g/mol. The Hall–Kier alpha value is -3.39. The zero-order valence-electron chi connectivity index (χ0n) is 19.3. The molecule has 0 spiro atoms. The summed E-state index contributed by atoms with van der Waals surface area (Å²) >= 11 is 0. The van der Waals surface area contributed by atoms with E-state index in [1.807, 2.05) is 18.2 Å². The van der Waals surface area contributed by atoms with Crippen molar-refractivity contribution in [2.24, 2.45) is 0 Å². The minimum atomic E-state index is -0.193. The summed E-state index contributed by atoms with van der Waals surface area (Å²) < 4.78 is 11.1. The lowest BCUT2D eigenvalue weighted by atomic mass is 10.1. The number of rotatable bonds is 11. The van der Waals surface area contributed by atoms with Crippen LogP contribution in [0.5, 0.6) is 11.5 Å². The summed E-state index contributed by atoms with van der Waals surface area (Å²) in [5, 5.41) is 2.96. The van der Waals surface area contributed by atoms with Gasteiger partial charge in [0.25, 0.3) is 5.91 Å². The number of hydrogen-bond donors (Lipinski definition) is 1. The fourth-order valence-electron chi connectivity index (χ4n) is 4.22. The number of hydrogen-bond acceptors (Lipinski definition) is 6. The van der Waals surface area contributed by atoms with Crippen molar-refractivity contribution in [1.82, 2.24) is 10.2 Å². The summed E-state index contributed by atoms with van der Waals surface area (Å²) in [6, 6.07) is 14.2. The van der Waals surface area contributed by atoms with Gasteiger partial charge >= 0.3 is 0 Å². The van der Waals surface area contributed by atoms with Crippen LogP contribution in [0, 0.1) is 0 Å². The highest BCUT2D eigenvalue weighted by Gasteiger charge is 2.26. The highest BCUT2D eigenvalue weighted by molar-refractivity contribution is 6.02. The molecule has 0 aliphatic carbocycles. The number of nitrogens with zero attached hydrogens (tertiary/aromatic N) is 2. The second-order valence-corrected chi connectivity index (χ2v) is 8.54. The Kier molecular flexibility index (Phi) is 8.14. The van der Waals surface area contributed by atoms with Crippen LogP contribution in [-0.4, -0.2) is 68.4 Å². The van der Waals surface area contributed by atoms with E-state index in [1.54, 1.807) is 35.2 Å². The second kappa shape index (κ2) is 11.7.